The molecule has 466 valence electrons. The molecule has 0 amide bonds. The van der Waals surface area contributed by atoms with Crippen LogP contribution in [0.15, 0.2) is 24.3 Å². The van der Waals surface area contributed by atoms with Gasteiger partial charge in [-0.3, -0.25) is 14.4 Å². The van der Waals surface area contributed by atoms with E-state index in [9.17, 15) is 14.4 Å². The highest BCUT2D eigenvalue weighted by atomic mass is 16.6. The molecule has 0 aliphatic heterocycles. The highest BCUT2D eigenvalue weighted by Gasteiger charge is 2.19. The van der Waals surface area contributed by atoms with Gasteiger partial charge in [0.15, 0.2) is 6.10 Å². The van der Waals surface area contributed by atoms with Crippen LogP contribution in [0.2, 0.25) is 0 Å². The molecule has 0 aromatic heterocycles. The number of rotatable bonds is 67. The Hall–Kier alpha value is -2.11. The van der Waals surface area contributed by atoms with Crippen molar-refractivity contribution in [3.63, 3.8) is 0 Å². The number of hydrogen-bond donors (Lipinski definition) is 0. The lowest BCUT2D eigenvalue weighted by molar-refractivity contribution is -0.167. The molecule has 0 spiro atoms. The van der Waals surface area contributed by atoms with Gasteiger partial charge in [-0.25, -0.2) is 0 Å². The van der Waals surface area contributed by atoms with Crippen molar-refractivity contribution in [3.8, 4) is 0 Å². The van der Waals surface area contributed by atoms with Gasteiger partial charge in [0.25, 0.3) is 0 Å². The van der Waals surface area contributed by atoms with Gasteiger partial charge in [-0.2, -0.15) is 0 Å². The zero-order valence-corrected chi connectivity index (χ0v) is 53.7. The molecule has 6 heteroatoms. The number of hydrogen-bond acceptors (Lipinski definition) is 6. The second kappa shape index (κ2) is 68.4. The molecule has 0 saturated carbocycles. The molecule has 0 radical (unpaired) electrons. The van der Waals surface area contributed by atoms with E-state index in [0.29, 0.717) is 19.3 Å². The summed E-state index contributed by atoms with van der Waals surface area (Å²) in [5, 5.41) is 0. The number of carbonyl (C=O) groups excluding carboxylic acids is 3. The molecule has 0 bridgehead atoms. The summed E-state index contributed by atoms with van der Waals surface area (Å²) in [6, 6.07) is 0. The van der Waals surface area contributed by atoms with Crippen LogP contribution in [0.4, 0.5) is 0 Å². The summed E-state index contributed by atoms with van der Waals surface area (Å²) in [5.41, 5.74) is 0. The van der Waals surface area contributed by atoms with Crippen LogP contribution >= 0.6 is 0 Å². The predicted octanol–water partition coefficient (Wildman–Crippen LogP) is 24.6. The van der Waals surface area contributed by atoms with Gasteiger partial charge in [-0.05, 0) is 70.6 Å². The Labute approximate surface area is 493 Å². The van der Waals surface area contributed by atoms with E-state index >= 15 is 0 Å². The second-order valence-electron chi connectivity index (χ2n) is 24.5. The Morgan fingerprint density at radius 3 is 0.633 bits per heavy atom. The smallest absolute Gasteiger partial charge is 0.306 e. The molecule has 0 heterocycles. The highest BCUT2D eigenvalue weighted by molar-refractivity contribution is 5.71. The summed E-state index contributed by atoms with van der Waals surface area (Å²) in [6.45, 7) is 6.70. The van der Waals surface area contributed by atoms with Crippen molar-refractivity contribution in [2.75, 3.05) is 13.2 Å². The van der Waals surface area contributed by atoms with Crippen molar-refractivity contribution in [2.45, 2.75) is 412 Å². The number of carbonyl (C=O) groups is 3. The first kappa shape index (κ1) is 76.9. The summed E-state index contributed by atoms with van der Waals surface area (Å²) in [5.74, 6) is -0.860. The van der Waals surface area contributed by atoms with Crippen LogP contribution in [0.5, 0.6) is 0 Å². The first-order valence-corrected chi connectivity index (χ1v) is 35.8. The van der Waals surface area contributed by atoms with Gasteiger partial charge in [0.2, 0.25) is 0 Å². The Kier molecular flexibility index (Phi) is 66.6. The normalized spacial score (nSPS) is 12.1. The minimum absolute atomic E-state index is 0.0721. The van der Waals surface area contributed by atoms with Crippen molar-refractivity contribution in [1.82, 2.24) is 0 Å². The summed E-state index contributed by atoms with van der Waals surface area (Å²) in [6.07, 6.45) is 83.6. The monoisotopic (exact) mass is 1110 g/mol. The topological polar surface area (TPSA) is 78.9 Å². The van der Waals surface area contributed by atoms with Gasteiger partial charge < -0.3 is 14.2 Å². The van der Waals surface area contributed by atoms with E-state index in [1.165, 1.54) is 295 Å². The van der Waals surface area contributed by atoms with Crippen LogP contribution in [0.25, 0.3) is 0 Å². The third-order valence-corrected chi connectivity index (χ3v) is 16.4. The lowest BCUT2D eigenvalue weighted by atomic mass is 10.0. The van der Waals surface area contributed by atoms with Gasteiger partial charge in [0.1, 0.15) is 13.2 Å². The molecule has 0 aliphatic carbocycles. The van der Waals surface area contributed by atoms with Crippen molar-refractivity contribution in [1.29, 1.82) is 0 Å². The molecule has 0 fully saturated rings. The van der Waals surface area contributed by atoms with Gasteiger partial charge in [0, 0.05) is 19.3 Å². The molecule has 0 aromatic rings. The lowest BCUT2D eigenvalue weighted by Crippen LogP contribution is -2.30. The van der Waals surface area contributed by atoms with E-state index in [0.717, 1.165) is 70.6 Å². The molecule has 1 atom stereocenters. The largest absolute Gasteiger partial charge is 0.462 e. The maximum Gasteiger partial charge on any atom is 0.306 e. The van der Waals surface area contributed by atoms with Crippen molar-refractivity contribution >= 4 is 17.9 Å². The van der Waals surface area contributed by atoms with Crippen LogP contribution in [0.3, 0.4) is 0 Å². The Morgan fingerprint density at radius 2 is 0.418 bits per heavy atom. The fraction of sp³-hybridized carbons (Fsp3) is 0.904. The molecule has 0 aliphatic rings. The first-order valence-electron chi connectivity index (χ1n) is 35.8. The summed E-state index contributed by atoms with van der Waals surface area (Å²) < 4.78 is 17.0. The van der Waals surface area contributed by atoms with E-state index < -0.39 is 6.10 Å². The van der Waals surface area contributed by atoms with Gasteiger partial charge in [-0.1, -0.05) is 340 Å². The molecule has 6 nitrogen and oxygen atoms in total. The SMILES string of the molecule is CCCCCCCC/C=C\CCCCCCCC(=O)OCC(COC(=O)CCCCCCCCCCCCCCCCCCCCCCCCCCCCCCCC)OC(=O)CCCCCCC/C=C\CCCCCCCCC. The minimum atomic E-state index is -0.777. The van der Waals surface area contributed by atoms with Crippen molar-refractivity contribution in [3.05, 3.63) is 24.3 Å². The summed E-state index contributed by atoms with van der Waals surface area (Å²) in [7, 11) is 0. The molecule has 0 N–H and O–H groups in total. The minimum Gasteiger partial charge on any atom is -0.462 e. The number of ether oxygens (including phenoxy) is 3. The van der Waals surface area contributed by atoms with E-state index in [1.54, 1.807) is 0 Å². The van der Waals surface area contributed by atoms with Crippen LogP contribution in [-0.4, -0.2) is 37.2 Å². The lowest BCUT2D eigenvalue weighted by Gasteiger charge is -2.18. The number of esters is 3. The third-order valence-electron chi connectivity index (χ3n) is 16.4. The molecule has 0 rings (SSSR count). The van der Waals surface area contributed by atoms with Crippen LogP contribution < -0.4 is 0 Å². The maximum atomic E-state index is 12.9. The van der Waals surface area contributed by atoms with Crippen LogP contribution in [0.1, 0.15) is 406 Å². The molecule has 0 aromatic carbocycles. The summed E-state index contributed by atoms with van der Waals surface area (Å²) in [4.78, 5) is 38.4. The quantitative estimate of drug-likeness (QED) is 0.0261. The van der Waals surface area contributed by atoms with E-state index in [4.69, 9.17) is 14.2 Å². The molecular formula is C73H138O6. The Bertz CT molecular complexity index is 1270. The fourth-order valence-electron chi connectivity index (χ4n) is 11.0. The first-order chi connectivity index (χ1) is 39.0. The zero-order valence-electron chi connectivity index (χ0n) is 53.7. The average molecular weight is 1110 g/mol. The molecular weight excluding hydrogens is 973 g/mol. The zero-order chi connectivity index (χ0) is 57.1. The fourth-order valence-corrected chi connectivity index (χ4v) is 11.0. The Morgan fingerprint density at radius 1 is 0.241 bits per heavy atom. The molecule has 79 heavy (non-hydrogen) atoms. The third kappa shape index (κ3) is 66.6. The predicted molar refractivity (Wildman–Crippen MR) is 344 cm³/mol. The van der Waals surface area contributed by atoms with Gasteiger partial charge in [0.05, 0.1) is 0 Å². The average Bonchev–Trinajstić information content (AvgIpc) is 3.45. The highest BCUT2D eigenvalue weighted by Crippen LogP contribution is 2.19. The van der Waals surface area contributed by atoms with Crippen molar-refractivity contribution in [2.24, 2.45) is 0 Å². The van der Waals surface area contributed by atoms with Gasteiger partial charge >= 0.3 is 17.9 Å². The van der Waals surface area contributed by atoms with Crippen LogP contribution in [-0.2, 0) is 28.6 Å². The van der Waals surface area contributed by atoms with Crippen molar-refractivity contribution < 1.29 is 28.6 Å². The standard InChI is InChI=1S/C73H138O6/c1-4-7-10-13-16-19-22-25-28-30-31-32-33-34-35-36-37-38-39-40-41-42-43-46-48-51-54-57-60-63-66-72(75)78-69-70(68-77-71(74)65-62-59-56-53-50-47-44-27-24-21-18-15-12-9-6-3)79-73(76)67-64-61-58-55-52-49-45-29-26-23-20-17-14-11-8-5-2/h27,29,44-45,70H,4-26,28,30-43,46-69H2,1-3H3/b44-27-,45-29-. The van der Waals surface area contributed by atoms with Crippen LogP contribution in [0, 0.1) is 0 Å². The van der Waals surface area contributed by atoms with E-state index in [1.807, 2.05) is 0 Å². The molecule has 1 unspecified atom stereocenters. The van der Waals surface area contributed by atoms with E-state index in [-0.39, 0.29) is 31.1 Å². The molecule has 0 saturated heterocycles. The Balaban J connectivity index is 4.16. The number of allylic oxidation sites excluding steroid dienone is 4. The summed E-state index contributed by atoms with van der Waals surface area (Å²) >= 11 is 0. The number of unbranched alkanes of at least 4 members (excludes halogenated alkanes) is 52. The second-order valence-corrected chi connectivity index (χ2v) is 24.5. The van der Waals surface area contributed by atoms with Gasteiger partial charge in [-0.15, -0.1) is 0 Å². The van der Waals surface area contributed by atoms with E-state index in [2.05, 4.69) is 45.1 Å². The maximum absolute atomic E-state index is 12.9.